The highest BCUT2D eigenvalue weighted by molar-refractivity contribution is 5.70. The van der Waals surface area contributed by atoms with Gasteiger partial charge in [-0.3, -0.25) is 4.98 Å². The number of aromatic nitrogens is 5. The molecular formula is C18H16N6O. The van der Waals surface area contributed by atoms with Crippen molar-refractivity contribution in [3.05, 3.63) is 54.8 Å². The van der Waals surface area contributed by atoms with Gasteiger partial charge in [0.15, 0.2) is 11.5 Å². The van der Waals surface area contributed by atoms with E-state index in [0.717, 1.165) is 17.6 Å². The zero-order valence-corrected chi connectivity index (χ0v) is 13.6. The van der Waals surface area contributed by atoms with Crippen LogP contribution in [-0.2, 0) is 0 Å². The lowest BCUT2D eigenvalue weighted by Gasteiger charge is -2.10. The van der Waals surface area contributed by atoms with E-state index < -0.39 is 0 Å². The molecule has 3 aromatic heterocycles. The van der Waals surface area contributed by atoms with Crippen molar-refractivity contribution < 1.29 is 4.52 Å². The van der Waals surface area contributed by atoms with Gasteiger partial charge in [-0.05, 0) is 24.5 Å². The van der Waals surface area contributed by atoms with Gasteiger partial charge < -0.3 is 10.3 Å². The van der Waals surface area contributed by atoms with Crippen LogP contribution in [0.5, 0.6) is 0 Å². The Morgan fingerprint density at radius 1 is 1.24 bits per heavy atom. The van der Waals surface area contributed by atoms with Gasteiger partial charge in [-0.25, -0.2) is 9.97 Å². The third kappa shape index (κ3) is 3.03. The van der Waals surface area contributed by atoms with Crippen molar-refractivity contribution >= 4 is 11.4 Å². The maximum absolute atomic E-state index is 5.97. The van der Waals surface area contributed by atoms with Crippen molar-refractivity contribution in [2.24, 2.45) is 5.92 Å². The lowest BCUT2D eigenvalue weighted by molar-refractivity contribution is 0.405. The molecule has 4 rings (SSSR count). The van der Waals surface area contributed by atoms with E-state index in [1.54, 1.807) is 18.6 Å². The number of nitrogens with two attached hydrogens (primary N) is 1. The minimum absolute atomic E-state index is 0.255. The fraction of sp³-hybridized carbons (Fsp3) is 0.167. The van der Waals surface area contributed by atoms with Gasteiger partial charge in [-0.2, -0.15) is 4.98 Å². The van der Waals surface area contributed by atoms with E-state index >= 15 is 0 Å². The highest BCUT2D eigenvalue weighted by Gasteiger charge is 2.19. The van der Waals surface area contributed by atoms with Crippen molar-refractivity contribution in [2.75, 3.05) is 5.73 Å². The van der Waals surface area contributed by atoms with Gasteiger partial charge in [0.05, 0.1) is 11.9 Å². The van der Waals surface area contributed by atoms with E-state index in [0.29, 0.717) is 29.0 Å². The Morgan fingerprint density at radius 2 is 2.16 bits per heavy atom. The molecule has 1 aliphatic carbocycles. The van der Waals surface area contributed by atoms with Crippen molar-refractivity contribution in [3.63, 3.8) is 0 Å². The third-order valence-corrected chi connectivity index (χ3v) is 3.95. The Labute approximate surface area is 144 Å². The molecule has 0 amide bonds. The molecule has 0 saturated carbocycles. The number of rotatable bonds is 3. The standard InChI is InChI=1S/C18H16N6O/c1-11-4-2-5-12(8-11)18-23-17(24-25-18)15-16(19)21-10-14(22-15)13-6-3-7-20-9-13/h2-7,9-11H,8H2,1H3,(H2,19,21). The van der Waals surface area contributed by atoms with Crippen LogP contribution in [0.3, 0.4) is 0 Å². The summed E-state index contributed by atoms with van der Waals surface area (Å²) in [7, 11) is 0. The summed E-state index contributed by atoms with van der Waals surface area (Å²) in [5.41, 5.74) is 8.87. The molecule has 3 heterocycles. The molecule has 0 aliphatic heterocycles. The minimum Gasteiger partial charge on any atom is -0.382 e. The summed E-state index contributed by atoms with van der Waals surface area (Å²) in [6, 6.07) is 3.74. The molecule has 1 unspecified atom stereocenters. The van der Waals surface area contributed by atoms with Crippen LogP contribution in [-0.4, -0.2) is 25.1 Å². The molecule has 25 heavy (non-hydrogen) atoms. The van der Waals surface area contributed by atoms with Gasteiger partial charge >= 0.3 is 0 Å². The molecule has 7 nitrogen and oxygen atoms in total. The maximum Gasteiger partial charge on any atom is 0.254 e. The van der Waals surface area contributed by atoms with Crippen LogP contribution in [0, 0.1) is 5.92 Å². The molecule has 0 radical (unpaired) electrons. The van der Waals surface area contributed by atoms with E-state index in [1.807, 2.05) is 24.3 Å². The molecule has 0 fully saturated rings. The number of anilines is 1. The molecule has 124 valence electrons. The normalized spacial score (nSPS) is 16.7. The van der Waals surface area contributed by atoms with E-state index in [2.05, 4.69) is 38.1 Å². The monoisotopic (exact) mass is 332 g/mol. The summed E-state index contributed by atoms with van der Waals surface area (Å²) in [6.07, 6.45) is 12.0. The van der Waals surface area contributed by atoms with Crippen LogP contribution in [0.1, 0.15) is 19.2 Å². The van der Waals surface area contributed by atoms with E-state index in [9.17, 15) is 0 Å². The Balaban J connectivity index is 1.71. The van der Waals surface area contributed by atoms with Crippen LogP contribution < -0.4 is 5.73 Å². The average Bonchev–Trinajstić information content (AvgIpc) is 3.13. The first-order chi connectivity index (χ1) is 12.2. The summed E-state index contributed by atoms with van der Waals surface area (Å²) in [6.45, 7) is 2.14. The second-order valence-electron chi connectivity index (χ2n) is 5.91. The van der Waals surface area contributed by atoms with Crippen LogP contribution in [0.4, 0.5) is 5.82 Å². The first-order valence-electron chi connectivity index (χ1n) is 7.95. The smallest absolute Gasteiger partial charge is 0.254 e. The minimum atomic E-state index is 0.255. The molecule has 0 spiro atoms. The molecule has 3 aromatic rings. The number of nitrogen functional groups attached to an aromatic ring is 1. The topological polar surface area (TPSA) is 104 Å². The summed E-state index contributed by atoms with van der Waals surface area (Å²) in [5, 5.41) is 4.03. The molecular weight excluding hydrogens is 316 g/mol. The summed E-state index contributed by atoms with van der Waals surface area (Å²) >= 11 is 0. The van der Waals surface area contributed by atoms with Crippen molar-refractivity contribution in [1.82, 2.24) is 25.1 Å². The van der Waals surface area contributed by atoms with Gasteiger partial charge in [-0.15, -0.1) is 0 Å². The second kappa shape index (κ2) is 6.27. The van der Waals surface area contributed by atoms with E-state index in [4.69, 9.17) is 10.3 Å². The van der Waals surface area contributed by atoms with Gasteiger partial charge in [0.1, 0.15) is 0 Å². The second-order valence-corrected chi connectivity index (χ2v) is 5.91. The predicted molar refractivity (Wildman–Crippen MR) is 93.9 cm³/mol. The Kier molecular flexibility index (Phi) is 3.81. The molecule has 1 atom stereocenters. The number of nitrogens with zero attached hydrogens (tertiary/aromatic N) is 5. The Bertz CT molecular complexity index is 961. The van der Waals surface area contributed by atoms with E-state index in [-0.39, 0.29) is 5.82 Å². The average molecular weight is 332 g/mol. The Hall–Kier alpha value is -3.35. The van der Waals surface area contributed by atoms with Crippen molar-refractivity contribution in [1.29, 1.82) is 0 Å². The fourth-order valence-corrected chi connectivity index (χ4v) is 2.67. The number of hydrogen-bond acceptors (Lipinski definition) is 7. The summed E-state index contributed by atoms with van der Waals surface area (Å²) in [5.74, 6) is 1.51. The quantitative estimate of drug-likeness (QED) is 0.785. The number of pyridine rings is 1. The van der Waals surface area contributed by atoms with Crippen LogP contribution in [0.2, 0.25) is 0 Å². The van der Waals surface area contributed by atoms with Gasteiger partial charge in [0.25, 0.3) is 5.89 Å². The molecule has 2 N–H and O–H groups in total. The number of hydrogen-bond donors (Lipinski definition) is 1. The van der Waals surface area contributed by atoms with Crippen LogP contribution >= 0.6 is 0 Å². The highest BCUT2D eigenvalue weighted by atomic mass is 16.5. The van der Waals surface area contributed by atoms with Crippen LogP contribution in [0.25, 0.3) is 28.3 Å². The molecule has 1 aliphatic rings. The molecule has 7 heteroatoms. The van der Waals surface area contributed by atoms with Gasteiger partial charge in [0.2, 0.25) is 5.82 Å². The lowest BCUT2D eigenvalue weighted by atomic mass is 9.96. The van der Waals surface area contributed by atoms with Gasteiger partial charge in [0, 0.05) is 23.5 Å². The molecule has 0 aromatic carbocycles. The zero-order valence-electron chi connectivity index (χ0n) is 13.6. The zero-order chi connectivity index (χ0) is 17.2. The predicted octanol–water partition coefficient (Wildman–Crippen LogP) is 3.15. The van der Waals surface area contributed by atoms with E-state index in [1.165, 1.54) is 0 Å². The van der Waals surface area contributed by atoms with Crippen LogP contribution in [0.15, 0.2) is 53.5 Å². The SMILES string of the molecule is CC1C=CC=C(c2nc(-c3nc(-c4cccnc4)cnc3N)no2)C1. The third-order valence-electron chi connectivity index (χ3n) is 3.95. The summed E-state index contributed by atoms with van der Waals surface area (Å²) in [4.78, 5) is 17.3. The molecule has 0 bridgehead atoms. The maximum atomic E-state index is 5.97. The Morgan fingerprint density at radius 3 is 2.96 bits per heavy atom. The first-order valence-corrected chi connectivity index (χ1v) is 7.95. The number of allylic oxidation sites excluding steroid dienone is 4. The molecule has 0 saturated heterocycles. The first kappa shape index (κ1) is 15.2. The summed E-state index contributed by atoms with van der Waals surface area (Å²) < 4.78 is 5.41. The highest BCUT2D eigenvalue weighted by Crippen LogP contribution is 2.29. The fourth-order valence-electron chi connectivity index (χ4n) is 2.67. The largest absolute Gasteiger partial charge is 0.382 e. The lowest BCUT2D eigenvalue weighted by Crippen LogP contribution is -2.00. The van der Waals surface area contributed by atoms with Crippen molar-refractivity contribution in [3.8, 4) is 22.8 Å². The van der Waals surface area contributed by atoms with Gasteiger partial charge in [-0.1, -0.05) is 30.3 Å². The van der Waals surface area contributed by atoms with Crippen molar-refractivity contribution in [2.45, 2.75) is 13.3 Å².